The third kappa shape index (κ3) is 5.28. The van der Waals surface area contributed by atoms with E-state index in [-0.39, 0.29) is 36.7 Å². The van der Waals surface area contributed by atoms with Crippen LogP contribution in [0.1, 0.15) is 42.5 Å². The van der Waals surface area contributed by atoms with Gasteiger partial charge in [-0.1, -0.05) is 12.1 Å². The van der Waals surface area contributed by atoms with Gasteiger partial charge in [0, 0.05) is 49.3 Å². The molecule has 0 bridgehead atoms. The van der Waals surface area contributed by atoms with Crippen LogP contribution in [0.5, 0.6) is 5.75 Å². The molecule has 0 unspecified atom stereocenters. The molecule has 3 aromatic rings. The van der Waals surface area contributed by atoms with E-state index in [2.05, 4.69) is 14.7 Å². The first-order valence-electron chi connectivity index (χ1n) is 11.9. The van der Waals surface area contributed by atoms with Crippen LogP contribution >= 0.6 is 0 Å². The molecule has 208 valence electrons. The van der Waals surface area contributed by atoms with E-state index in [1.807, 2.05) is 0 Å². The van der Waals surface area contributed by atoms with Crippen LogP contribution in [-0.2, 0) is 10.0 Å². The molecule has 0 spiro atoms. The second-order valence-electron chi connectivity index (χ2n) is 9.46. The summed E-state index contributed by atoms with van der Waals surface area (Å²) in [6.07, 6.45) is -3.55. The van der Waals surface area contributed by atoms with Crippen LogP contribution in [0.25, 0.3) is 0 Å². The van der Waals surface area contributed by atoms with Gasteiger partial charge in [-0.25, -0.2) is 27.2 Å². The van der Waals surface area contributed by atoms with Crippen LogP contribution < -0.4 is 9.46 Å². The summed E-state index contributed by atoms with van der Waals surface area (Å²) in [5.41, 5.74) is -2.36. The number of fused-ring (bicyclic) bond motifs is 1. The average Bonchev–Trinajstić information content (AvgIpc) is 2.88. The Morgan fingerprint density at radius 2 is 1.85 bits per heavy atom. The van der Waals surface area contributed by atoms with Crippen molar-refractivity contribution in [3.05, 3.63) is 77.8 Å². The first kappa shape index (κ1) is 27.2. The number of halogens is 5. The van der Waals surface area contributed by atoms with E-state index in [4.69, 9.17) is 4.74 Å². The first-order valence-corrected chi connectivity index (χ1v) is 13.4. The van der Waals surface area contributed by atoms with Crippen molar-refractivity contribution < 1.29 is 40.2 Å². The van der Waals surface area contributed by atoms with Crippen LogP contribution in [0.2, 0.25) is 0 Å². The number of anilines is 1. The zero-order valence-electron chi connectivity index (χ0n) is 20.2. The number of likely N-dealkylation sites (tertiary alicyclic amines) is 1. The highest BCUT2D eigenvalue weighted by molar-refractivity contribution is 7.92. The highest BCUT2D eigenvalue weighted by Gasteiger charge is 2.57. The summed E-state index contributed by atoms with van der Waals surface area (Å²) in [4.78, 5) is 8.46. The van der Waals surface area contributed by atoms with Gasteiger partial charge in [0.15, 0.2) is 5.60 Å². The molecule has 0 aliphatic carbocycles. The normalized spacial score (nSPS) is 24.1. The molecule has 8 nitrogen and oxygen atoms in total. The summed E-state index contributed by atoms with van der Waals surface area (Å²) in [6, 6.07) is 6.60. The molecule has 1 aromatic heterocycles. The number of nitrogens with zero attached hydrogens (tertiary/aromatic N) is 3. The van der Waals surface area contributed by atoms with Crippen molar-refractivity contribution in [2.45, 2.75) is 48.0 Å². The fourth-order valence-electron chi connectivity index (χ4n) is 5.10. The minimum atomic E-state index is -4.89. The molecular weight excluding hydrogens is 547 g/mol. The fraction of sp³-hybridized carbons (Fsp3) is 0.360. The molecule has 2 aliphatic rings. The van der Waals surface area contributed by atoms with Crippen molar-refractivity contribution in [2.24, 2.45) is 0 Å². The summed E-state index contributed by atoms with van der Waals surface area (Å²) in [5, 5.41) is 10.5. The van der Waals surface area contributed by atoms with Crippen LogP contribution in [0.4, 0.5) is 27.8 Å². The van der Waals surface area contributed by atoms with Gasteiger partial charge in [-0.05, 0) is 36.2 Å². The number of sulfonamides is 1. The maximum Gasteiger partial charge on any atom is 0.417 e. The van der Waals surface area contributed by atoms with E-state index >= 15 is 4.39 Å². The smallest absolute Gasteiger partial charge is 0.417 e. The number of rotatable bonds is 5. The highest BCUT2D eigenvalue weighted by atomic mass is 32.2. The Labute approximate surface area is 220 Å². The van der Waals surface area contributed by atoms with Crippen molar-refractivity contribution in [3.8, 4) is 5.75 Å². The molecule has 5 rings (SSSR count). The van der Waals surface area contributed by atoms with Crippen molar-refractivity contribution in [3.63, 3.8) is 0 Å². The maximum atomic E-state index is 15.3. The Bertz CT molecular complexity index is 1460. The summed E-state index contributed by atoms with van der Waals surface area (Å²) < 4.78 is 104. The van der Waals surface area contributed by atoms with Gasteiger partial charge in [-0.2, -0.15) is 13.2 Å². The Kier molecular flexibility index (Phi) is 6.97. The molecular formula is C25H23F5N4O4S. The number of benzene rings is 2. The minimum absolute atomic E-state index is 0.0604. The largest absolute Gasteiger partial charge is 0.493 e. The lowest BCUT2D eigenvalue weighted by molar-refractivity contribution is -0.280. The lowest BCUT2D eigenvalue weighted by Gasteiger charge is -2.48. The van der Waals surface area contributed by atoms with Gasteiger partial charge in [-0.3, -0.25) is 9.62 Å². The Morgan fingerprint density at radius 1 is 1.10 bits per heavy atom. The predicted molar refractivity (Wildman–Crippen MR) is 128 cm³/mol. The summed E-state index contributed by atoms with van der Waals surface area (Å²) in [7, 11) is -4.41. The lowest BCUT2D eigenvalue weighted by atomic mass is 9.81. The molecule has 0 radical (unpaired) electrons. The number of nitrogens with one attached hydrogen (secondary N) is 1. The van der Waals surface area contributed by atoms with Crippen LogP contribution in [-0.4, -0.2) is 53.3 Å². The second-order valence-corrected chi connectivity index (χ2v) is 11.1. The Balaban J connectivity index is 1.51. The van der Waals surface area contributed by atoms with Gasteiger partial charge >= 0.3 is 6.18 Å². The zero-order chi connectivity index (χ0) is 28.0. The molecule has 0 amide bonds. The van der Waals surface area contributed by atoms with Gasteiger partial charge in [-0.15, -0.1) is 0 Å². The van der Waals surface area contributed by atoms with E-state index < -0.39 is 63.3 Å². The SMILES string of the molecule is O=S(=O)(Nc1ccncn1)c1cc2c(cc1F)[C@@H](N1CC[C@@](O)(C(F)(F)F)C[C@H]1c1ccc(F)cc1)CCO2. The van der Waals surface area contributed by atoms with Gasteiger partial charge in [0.2, 0.25) is 0 Å². The minimum Gasteiger partial charge on any atom is -0.493 e. The summed E-state index contributed by atoms with van der Waals surface area (Å²) in [6.45, 7) is -0.128. The second kappa shape index (κ2) is 9.99. The number of piperidine rings is 1. The van der Waals surface area contributed by atoms with E-state index in [9.17, 15) is 31.1 Å². The van der Waals surface area contributed by atoms with Crippen molar-refractivity contribution >= 4 is 15.8 Å². The molecule has 14 heteroatoms. The Hall–Kier alpha value is -3.36. The summed E-state index contributed by atoms with van der Waals surface area (Å²) >= 11 is 0. The molecule has 0 saturated carbocycles. The average molecular weight is 571 g/mol. The molecule has 2 aromatic carbocycles. The van der Waals surface area contributed by atoms with Crippen LogP contribution in [0.3, 0.4) is 0 Å². The van der Waals surface area contributed by atoms with E-state index in [1.165, 1.54) is 24.4 Å². The topological polar surface area (TPSA) is 105 Å². The number of aromatic nitrogens is 2. The molecule has 2 N–H and O–H groups in total. The van der Waals surface area contributed by atoms with Crippen molar-refractivity contribution in [1.29, 1.82) is 0 Å². The summed E-state index contributed by atoms with van der Waals surface area (Å²) in [5.74, 6) is -1.68. The number of ether oxygens (including phenoxy) is 1. The van der Waals surface area contributed by atoms with Crippen molar-refractivity contribution in [1.82, 2.24) is 14.9 Å². The molecule has 1 saturated heterocycles. The van der Waals surface area contributed by atoms with E-state index in [1.54, 1.807) is 4.90 Å². The highest BCUT2D eigenvalue weighted by Crippen LogP contribution is 2.50. The number of hydrogen-bond donors (Lipinski definition) is 2. The van der Waals surface area contributed by atoms with E-state index in [0.717, 1.165) is 30.6 Å². The zero-order valence-corrected chi connectivity index (χ0v) is 21.0. The Morgan fingerprint density at radius 3 is 2.51 bits per heavy atom. The maximum absolute atomic E-state index is 15.3. The third-order valence-electron chi connectivity index (χ3n) is 7.08. The predicted octanol–water partition coefficient (Wildman–Crippen LogP) is 4.51. The van der Waals surface area contributed by atoms with Crippen molar-refractivity contribution in [2.75, 3.05) is 17.9 Å². The van der Waals surface area contributed by atoms with Crippen LogP contribution in [0.15, 0.2) is 59.9 Å². The van der Waals surface area contributed by atoms with Crippen LogP contribution in [0, 0.1) is 11.6 Å². The van der Waals surface area contributed by atoms with Gasteiger partial charge in [0.1, 0.15) is 34.4 Å². The molecule has 1 fully saturated rings. The molecule has 39 heavy (non-hydrogen) atoms. The number of alkyl halides is 3. The first-order chi connectivity index (χ1) is 18.4. The number of hydrogen-bond acceptors (Lipinski definition) is 7. The van der Waals surface area contributed by atoms with E-state index in [0.29, 0.717) is 5.56 Å². The van der Waals surface area contributed by atoms with Gasteiger partial charge < -0.3 is 9.84 Å². The molecule has 2 aliphatic heterocycles. The molecule has 3 atom stereocenters. The third-order valence-corrected chi connectivity index (χ3v) is 8.45. The van der Waals surface area contributed by atoms with Gasteiger partial charge in [0.25, 0.3) is 10.0 Å². The fourth-order valence-corrected chi connectivity index (χ4v) is 6.18. The van der Waals surface area contributed by atoms with Gasteiger partial charge in [0.05, 0.1) is 6.61 Å². The molecule has 3 heterocycles. The monoisotopic (exact) mass is 570 g/mol. The quantitative estimate of drug-likeness (QED) is 0.435. The number of aliphatic hydroxyl groups is 1. The standard InChI is InChI=1S/C25H23F5N4O4S/c26-16-3-1-15(2-4-16)20-13-24(35,25(28,29)30)7-9-34(20)19-6-10-38-21-12-22(18(27)11-17(19)21)39(36,37)33-23-5-8-31-14-32-23/h1-5,8,11-12,14,19-20,35H,6-7,9-10,13H2,(H,31,32,33)/t19-,20-,24-/m0/s1. The lowest BCUT2D eigenvalue weighted by Crippen LogP contribution is -2.55.